The second-order valence-corrected chi connectivity index (χ2v) is 7.60. The van der Waals surface area contributed by atoms with Crippen LogP contribution in [0.3, 0.4) is 0 Å². The number of nitrogens with zero attached hydrogens (tertiary/aromatic N) is 2. The van der Waals surface area contributed by atoms with E-state index in [0.717, 1.165) is 30.4 Å². The molecule has 3 rings (SSSR count). The summed E-state index contributed by atoms with van der Waals surface area (Å²) in [4.78, 5) is 20.1. The first-order chi connectivity index (χ1) is 11.0. The molecule has 1 aromatic rings. The molecule has 0 fully saturated rings. The fourth-order valence-corrected chi connectivity index (χ4v) is 4.47. The van der Waals surface area contributed by atoms with E-state index < -0.39 is 0 Å². The van der Waals surface area contributed by atoms with E-state index in [1.165, 1.54) is 11.8 Å². The first-order valence-corrected chi connectivity index (χ1v) is 9.04. The van der Waals surface area contributed by atoms with Gasteiger partial charge in [0, 0.05) is 34.5 Å². The third kappa shape index (κ3) is 3.52. The van der Waals surface area contributed by atoms with Crippen LogP contribution in [0, 0.1) is 5.92 Å². The summed E-state index contributed by atoms with van der Waals surface area (Å²) in [7, 11) is 0. The third-order valence-corrected chi connectivity index (χ3v) is 5.18. The molecule has 0 saturated carbocycles. The molecule has 23 heavy (non-hydrogen) atoms. The Morgan fingerprint density at radius 3 is 2.65 bits per heavy atom. The molecule has 7 heteroatoms. The Labute approximate surface area is 149 Å². The van der Waals surface area contributed by atoms with Crippen molar-refractivity contribution in [3.05, 3.63) is 38.8 Å². The van der Waals surface area contributed by atoms with Crippen LogP contribution in [0.25, 0.3) is 0 Å². The van der Waals surface area contributed by atoms with Crippen LogP contribution in [0.2, 0.25) is 10.0 Å². The smallest absolute Gasteiger partial charge is 0.264 e. The lowest BCUT2D eigenvalue weighted by molar-refractivity contribution is -0.112. The quantitative estimate of drug-likeness (QED) is 0.845. The molecule has 1 aromatic carbocycles. The van der Waals surface area contributed by atoms with Gasteiger partial charge in [-0.3, -0.25) is 9.79 Å². The summed E-state index contributed by atoms with van der Waals surface area (Å²) in [6.45, 7) is 5.93. The van der Waals surface area contributed by atoms with Crippen molar-refractivity contribution in [1.82, 2.24) is 4.90 Å². The van der Waals surface area contributed by atoms with Crippen molar-refractivity contribution < 1.29 is 4.79 Å². The predicted molar refractivity (Wildman–Crippen MR) is 98.2 cm³/mol. The van der Waals surface area contributed by atoms with Gasteiger partial charge >= 0.3 is 0 Å². The molecule has 122 valence electrons. The lowest BCUT2D eigenvalue weighted by Gasteiger charge is -2.27. The van der Waals surface area contributed by atoms with Crippen LogP contribution >= 0.6 is 35.0 Å². The van der Waals surface area contributed by atoms with Crippen LogP contribution in [0.1, 0.15) is 20.3 Å². The topological polar surface area (TPSA) is 44.7 Å². The highest BCUT2D eigenvalue weighted by molar-refractivity contribution is 8.18. The molecule has 2 aliphatic heterocycles. The molecule has 0 atom stereocenters. The van der Waals surface area contributed by atoms with Crippen LogP contribution in [-0.4, -0.2) is 29.1 Å². The van der Waals surface area contributed by atoms with E-state index in [2.05, 4.69) is 29.1 Å². The number of anilines is 1. The van der Waals surface area contributed by atoms with E-state index in [1.54, 1.807) is 18.2 Å². The minimum Gasteiger partial charge on any atom is -0.323 e. The number of nitrogens with one attached hydrogen (secondary N) is 1. The van der Waals surface area contributed by atoms with Crippen molar-refractivity contribution in [3.8, 4) is 0 Å². The van der Waals surface area contributed by atoms with Gasteiger partial charge in [-0.25, -0.2) is 0 Å². The summed E-state index contributed by atoms with van der Waals surface area (Å²) in [6.07, 6.45) is 1.01. The zero-order valence-corrected chi connectivity index (χ0v) is 15.2. The molecule has 2 aliphatic rings. The number of allylic oxidation sites excluding steroid dienone is 1. The number of amidine groups is 1. The average Bonchev–Trinajstić information content (AvgIpc) is 2.85. The third-order valence-electron chi connectivity index (χ3n) is 3.61. The second-order valence-electron chi connectivity index (χ2n) is 5.75. The SMILES string of the molecule is CC(C)C1=C(C(=O)Nc2cc(Cl)cc(Cl)c2)SC2=NCCCN21. The first kappa shape index (κ1) is 16.7. The van der Waals surface area contributed by atoms with Gasteiger partial charge in [0.05, 0.1) is 0 Å². The number of amides is 1. The van der Waals surface area contributed by atoms with Gasteiger partial charge < -0.3 is 10.2 Å². The number of aliphatic imine (C=N–C) groups is 1. The largest absolute Gasteiger partial charge is 0.323 e. The highest BCUT2D eigenvalue weighted by atomic mass is 35.5. The Morgan fingerprint density at radius 2 is 2.00 bits per heavy atom. The fourth-order valence-electron chi connectivity index (χ4n) is 2.71. The average molecular weight is 370 g/mol. The summed E-state index contributed by atoms with van der Waals surface area (Å²) in [5.74, 6) is 0.103. The molecule has 0 aromatic heterocycles. The standard InChI is InChI=1S/C16H17Cl2N3OS/c1-9(2)13-14(23-16-19-4-3-5-21(13)16)15(22)20-12-7-10(17)6-11(18)8-12/h6-9H,3-5H2,1-2H3,(H,20,22). The number of hydrogen-bond acceptors (Lipinski definition) is 4. The Morgan fingerprint density at radius 1 is 1.30 bits per heavy atom. The van der Waals surface area contributed by atoms with E-state index in [9.17, 15) is 4.79 Å². The molecular formula is C16H17Cl2N3OS. The number of carbonyl (C=O) groups excluding carboxylic acids is 1. The summed E-state index contributed by atoms with van der Waals surface area (Å²) in [6, 6.07) is 5.01. The maximum absolute atomic E-state index is 12.7. The monoisotopic (exact) mass is 369 g/mol. The number of halogens is 2. The van der Waals surface area contributed by atoms with Gasteiger partial charge in [0.25, 0.3) is 5.91 Å². The number of benzene rings is 1. The van der Waals surface area contributed by atoms with Crippen LogP contribution in [-0.2, 0) is 4.79 Å². The van der Waals surface area contributed by atoms with Crippen LogP contribution < -0.4 is 5.32 Å². The van der Waals surface area contributed by atoms with Gasteiger partial charge in [-0.05, 0) is 42.3 Å². The molecule has 0 saturated heterocycles. The fraction of sp³-hybridized carbons (Fsp3) is 0.375. The Bertz CT molecular complexity index is 695. The van der Waals surface area contributed by atoms with Crippen molar-refractivity contribution in [1.29, 1.82) is 0 Å². The Balaban J connectivity index is 1.89. The van der Waals surface area contributed by atoms with Crippen LogP contribution in [0.5, 0.6) is 0 Å². The van der Waals surface area contributed by atoms with E-state index in [4.69, 9.17) is 23.2 Å². The highest BCUT2D eigenvalue weighted by Gasteiger charge is 2.35. The van der Waals surface area contributed by atoms with Crippen molar-refractivity contribution in [2.75, 3.05) is 18.4 Å². The van der Waals surface area contributed by atoms with Gasteiger partial charge in [-0.2, -0.15) is 0 Å². The van der Waals surface area contributed by atoms with Crippen molar-refractivity contribution in [3.63, 3.8) is 0 Å². The van der Waals surface area contributed by atoms with Gasteiger partial charge in [0.15, 0.2) is 5.17 Å². The number of carbonyl (C=O) groups is 1. The minimum absolute atomic E-state index is 0.144. The maximum Gasteiger partial charge on any atom is 0.264 e. The van der Waals surface area contributed by atoms with Gasteiger partial charge in [-0.15, -0.1) is 0 Å². The summed E-state index contributed by atoms with van der Waals surface area (Å²) >= 11 is 13.4. The zero-order chi connectivity index (χ0) is 16.6. The van der Waals surface area contributed by atoms with Gasteiger partial charge in [0.2, 0.25) is 0 Å². The first-order valence-electron chi connectivity index (χ1n) is 7.47. The van der Waals surface area contributed by atoms with E-state index in [-0.39, 0.29) is 11.8 Å². The molecule has 0 aliphatic carbocycles. The normalized spacial score (nSPS) is 17.4. The van der Waals surface area contributed by atoms with E-state index in [1.807, 2.05) is 0 Å². The number of hydrogen-bond donors (Lipinski definition) is 1. The van der Waals surface area contributed by atoms with Crippen molar-refractivity contribution in [2.45, 2.75) is 20.3 Å². The zero-order valence-electron chi connectivity index (χ0n) is 12.9. The van der Waals surface area contributed by atoms with E-state index in [0.29, 0.717) is 20.6 Å². The molecule has 2 heterocycles. The summed E-state index contributed by atoms with van der Waals surface area (Å²) < 4.78 is 0. The van der Waals surface area contributed by atoms with Gasteiger partial charge in [-0.1, -0.05) is 37.0 Å². The number of thioether (sulfide) groups is 1. The molecule has 1 N–H and O–H groups in total. The highest BCUT2D eigenvalue weighted by Crippen LogP contribution is 2.40. The lowest BCUT2D eigenvalue weighted by atomic mass is 10.1. The maximum atomic E-state index is 12.7. The van der Waals surface area contributed by atoms with Crippen LogP contribution in [0.15, 0.2) is 33.8 Å². The summed E-state index contributed by atoms with van der Waals surface area (Å²) in [5.41, 5.74) is 1.63. The number of fused-ring (bicyclic) bond motifs is 1. The molecule has 4 nitrogen and oxygen atoms in total. The molecule has 0 bridgehead atoms. The lowest BCUT2D eigenvalue weighted by Crippen LogP contribution is -2.31. The molecule has 1 amide bonds. The Hall–Kier alpha value is -1.17. The van der Waals surface area contributed by atoms with Crippen LogP contribution in [0.4, 0.5) is 5.69 Å². The summed E-state index contributed by atoms with van der Waals surface area (Å²) in [5, 5.41) is 4.80. The number of rotatable bonds is 3. The predicted octanol–water partition coefficient (Wildman–Crippen LogP) is 4.61. The van der Waals surface area contributed by atoms with Crippen molar-refractivity contribution in [2.24, 2.45) is 10.9 Å². The second kappa shape index (κ2) is 6.75. The molecular weight excluding hydrogens is 353 g/mol. The van der Waals surface area contributed by atoms with Gasteiger partial charge in [0.1, 0.15) is 4.91 Å². The Kier molecular flexibility index (Phi) is 4.90. The molecule has 0 spiro atoms. The molecule has 0 unspecified atom stereocenters. The minimum atomic E-state index is -0.144. The molecule has 0 radical (unpaired) electrons. The van der Waals surface area contributed by atoms with Crippen molar-refractivity contribution >= 4 is 51.7 Å². The van der Waals surface area contributed by atoms with E-state index >= 15 is 0 Å².